The van der Waals surface area contributed by atoms with Gasteiger partial charge in [-0.2, -0.15) is 0 Å². The second-order valence-electron chi connectivity index (χ2n) is 10.7. The molecule has 8 heteroatoms. The highest BCUT2D eigenvalue weighted by molar-refractivity contribution is 6.05. The molecule has 4 rings (SSSR count). The van der Waals surface area contributed by atoms with Crippen molar-refractivity contribution in [3.05, 3.63) is 70.6 Å². The van der Waals surface area contributed by atoms with Crippen LogP contribution in [0.25, 0.3) is 0 Å². The number of primary amides is 1. The van der Waals surface area contributed by atoms with Crippen LogP contribution < -0.4 is 11.1 Å². The van der Waals surface area contributed by atoms with Crippen LogP contribution in [0.5, 0.6) is 0 Å². The molecule has 1 fully saturated rings. The normalized spacial score (nSPS) is 19.3. The topological polar surface area (TPSA) is 111 Å². The number of fused-ring (bicyclic) bond motifs is 1. The number of ether oxygens (including phenoxy) is 2. The van der Waals surface area contributed by atoms with E-state index in [0.717, 1.165) is 29.8 Å². The average Bonchev–Trinajstić information content (AvgIpc) is 3.33. The van der Waals surface area contributed by atoms with Crippen LogP contribution in [-0.2, 0) is 30.5 Å². The molecule has 0 spiro atoms. The van der Waals surface area contributed by atoms with E-state index in [2.05, 4.69) is 43.4 Å². The Balaban J connectivity index is 1.44. The fourth-order valence-corrected chi connectivity index (χ4v) is 5.90. The number of rotatable bonds is 11. The molecule has 2 atom stereocenters. The number of esters is 1. The Morgan fingerprint density at radius 1 is 1.13 bits per heavy atom. The van der Waals surface area contributed by atoms with E-state index in [1.54, 1.807) is 17.2 Å². The first-order valence-electron chi connectivity index (χ1n) is 13.5. The number of nitrogens with two attached hydrogens (primary N) is 1. The van der Waals surface area contributed by atoms with Crippen LogP contribution in [0.3, 0.4) is 0 Å². The highest BCUT2D eigenvalue weighted by Crippen LogP contribution is 2.37. The Morgan fingerprint density at radius 3 is 2.47 bits per heavy atom. The number of carbonyl (C=O) groups excluding carboxylic acids is 3. The number of nitrogens with zero attached hydrogens (tertiary/aromatic N) is 1. The predicted molar refractivity (Wildman–Crippen MR) is 145 cm³/mol. The fraction of sp³-hybridized carbons (Fsp3) is 0.500. The lowest BCUT2D eigenvalue weighted by Gasteiger charge is -2.34. The number of benzene rings is 1. The van der Waals surface area contributed by atoms with E-state index in [1.165, 1.54) is 31.6 Å². The number of piperidine rings is 1. The van der Waals surface area contributed by atoms with Crippen molar-refractivity contribution in [2.75, 3.05) is 26.7 Å². The largest absolute Gasteiger partial charge is 0.484 e. The third kappa shape index (κ3) is 6.35. The third-order valence-electron chi connectivity index (χ3n) is 7.84. The van der Waals surface area contributed by atoms with E-state index in [0.29, 0.717) is 24.3 Å². The number of nitrogens with one attached hydrogen (secondary N) is 1. The molecule has 0 bridgehead atoms. The maximum absolute atomic E-state index is 12.7. The van der Waals surface area contributed by atoms with Gasteiger partial charge in [0.1, 0.15) is 12.6 Å². The van der Waals surface area contributed by atoms with Crippen LogP contribution in [0.1, 0.15) is 56.6 Å². The first kappa shape index (κ1) is 27.6. The Morgan fingerprint density at radius 2 is 1.84 bits per heavy atom. The summed E-state index contributed by atoms with van der Waals surface area (Å²) in [6.45, 7) is 7.34. The highest BCUT2D eigenvalue weighted by atomic mass is 16.5. The van der Waals surface area contributed by atoms with Crippen LogP contribution in [0, 0.1) is 11.8 Å². The van der Waals surface area contributed by atoms with Crippen molar-refractivity contribution in [2.24, 2.45) is 17.6 Å². The van der Waals surface area contributed by atoms with Crippen LogP contribution in [0.15, 0.2) is 59.5 Å². The van der Waals surface area contributed by atoms with Crippen molar-refractivity contribution in [1.82, 2.24) is 10.2 Å². The third-order valence-corrected chi connectivity index (χ3v) is 7.84. The summed E-state index contributed by atoms with van der Waals surface area (Å²) in [5, 5.41) is 3.46. The summed E-state index contributed by atoms with van der Waals surface area (Å²) < 4.78 is 10.8. The van der Waals surface area contributed by atoms with Gasteiger partial charge in [-0.25, -0.2) is 0 Å². The van der Waals surface area contributed by atoms with Gasteiger partial charge in [0.15, 0.2) is 5.76 Å². The minimum atomic E-state index is -0.689. The minimum absolute atomic E-state index is 0.0756. The second-order valence-corrected chi connectivity index (χ2v) is 10.7. The highest BCUT2D eigenvalue weighted by Gasteiger charge is 2.33. The van der Waals surface area contributed by atoms with Gasteiger partial charge in [-0.15, -0.1) is 0 Å². The minimum Gasteiger partial charge on any atom is -0.484 e. The van der Waals surface area contributed by atoms with E-state index < -0.39 is 17.9 Å². The number of ketones is 1. The molecule has 1 amide bonds. The molecule has 0 saturated carbocycles. The zero-order chi connectivity index (χ0) is 27.2. The van der Waals surface area contributed by atoms with Crippen LogP contribution >= 0.6 is 0 Å². The van der Waals surface area contributed by atoms with Crippen LogP contribution in [-0.4, -0.2) is 55.3 Å². The number of amides is 1. The van der Waals surface area contributed by atoms with Gasteiger partial charge in [-0.3, -0.25) is 14.4 Å². The first-order valence-corrected chi connectivity index (χ1v) is 13.5. The molecule has 1 saturated heterocycles. The summed E-state index contributed by atoms with van der Waals surface area (Å²) in [6.07, 6.45) is 7.72. The lowest BCUT2D eigenvalue weighted by molar-refractivity contribution is -0.141. The molecule has 1 aromatic rings. The number of hydrogen-bond donors (Lipinski definition) is 2. The monoisotopic (exact) mass is 521 g/mol. The maximum Gasteiger partial charge on any atom is 0.305 e. The summed E-state index contributed by atoms with van der Waals surface area (Å²) in [6, 6.07) is 7.90. The van der Waals surface area contributed by atoms with Gasteiger partial charge in [0.05, 0.1) is 7.11 Å². The second kappa shape index (κ2) is 12.4. The Labute approximate surface area is 224 Å². The number of carbonyl (C=O) groups is 3. The molecule has 0 radical (unpaired) electrons. The lowest BCUT2D eigenvalue weighted by Crippen LogP contribution is -2.41. The average molecular weight is 522 g/mol. The van der Waals surface area contributed by atoms with E-state index in [9.17, 15) is 14.4 Å². The number of hydrogen-bond acceptors (Lipinski definition) is 7. The van der Waals surface area contributed by atoms with Gasteiger partial charge in [0.25, 0.3) is 0 Å². The molecule has 0 aromatic heterocycles. The van der Waals surface area contributed by atoms with E-state index >= 15 is 0 Å². The van der Waals surface area contributed by atoms with Crippen LogP contribution in [0.2, 0.25) is 0 Å². The Bertz CT molecular complexity index is 1130. The zero-order valence-corrected chi connectivity index (χ0v) is 22.6. The van der Waals surface area contributed by atoms with Crippen molar-refractivity contribution in [3.8, 4) is 0 Å². The van der Waals surface area contributed by atoms with E-state index in [4.69, 9.17) is 15.2 Å². The lowest BCUT2D eigenvalue weighted by atomic mass is 9.74. The van der Waals surface area contributed by atoms with E-state index in [1.807, 2.05) is 0 Å². The SMILES string of the molecule is COC(=O)CCC(C(N)=O)N1C=C2C=CC(=O)C(OCc3ccc(C(C(C)C)C4CCNCC4)cc3)=C2C1. The van der Waals surface area contributed by atoms with Crippen molar-refractivity contribution < 1.29 is 23.9 Å². The van der Waals surface area contributed by atoms with Crippen molar-refractivity contribution in [3.63, 3.8) is 0 Å². The first-order chi connectivity index (χ1) is 18.3. The van der Waals surface area contributed by atoms with Gasteiger partial charge in [-0.05, 0) is 79.0 Å². The molecular weight excluding hydrogens is 482 g/mol. The molecule has 2 aliphatic heterocycles. The van der Waals surface area contributed by atoms with E-state index in [-0.39, 0.29) is 31.0 Å². The molecule has 3 aliphatic rings. The molecule has 8 nitrogen and oxygen atoms in total. The summed E-state index contributed by atoms with van der Waals surface area (Å²) in [4.78, 5) is 38.2. The predicted octanol–water partition coefficient (Wildman–Crippen LogP) is 3.34. The molecule has 38 heavy (non-hydrogen) atoms. The molecule has 2 unspecified atom stereocenters. The van der Waals surface area contributed by atoms with Gasteiger partial charge >= 0.3 is 5.97 Å². The van der Waals surface area contributed by atoms with Gasteiger partial charge in [0.2, 0.25) is 11.7 Å². The zero-order valence-electron chi connectivity index (χ0n) is 22.6. The van der Waals surface area contributed by atoms with Gasteiger partial charge < -0.3 is 25.4 Å². The Hall–Kier alpha value is -3.39. The van der Waals surface area contributed by atoms with Crippen molar-refractivity contribution in [2.45, 2.75) is 58.1 Å². The summed E-state index contributed by atoms with van der Waals surface area (Å²) in [5.74, 6) is 0.919. The van der Waals surface area contributed by atoms with Crippen molar-refractivity contribution >= 4 is 17.7 Å². The molecule has 1 aromatic carbocycles. The summed E-state index contributed by atoms with van der Waals surface area (Å²) >= 11 is 0. The maximum atomic E-state index is 12.7. The standard InChI is InChI=1S/C30H39N3O5/c1-19(2)28(22-12-14-32-15-13-22)21-6-4-20(5-7-21)18-38-29-24-17-33(16-23(24)8-10-26(29)34)25(30(31)36)9-11-27(35)37-3/h4-8,10,16,19,22,25,28,32H,9,11-15,17-18H2,1-3H3,(H2,31,36). The number of methoxy groups -OCH3 is 1. The molecule has 1 aliphatic carbocycles. The molecule has 3 N–H and O–H groups in total. The Kier molecular flexibility index (Phi) is 9.05. The smallest absolute Gasteiger partial charge is 0.305 e. The fourth-order valence-electron chi connectivity index (χ4n) is 5.90. The van der Waals surface area contributed by atoms with Crippen molar-refractivity contribution in [1.29, 1.82) is 0 Å². The summed E-state index contributed by atoms with van der Waals surface area (Å²) in [7, 11) is 1.31. The quantitative estimate of drug-likeness (QED) is 0.430. The van der Waals surface area contributed by atoms with Gasteiger partial charge in [0, 0.05) is 24.7 Å². The molecule has 2 heterocycles. The molecular formula is C30H39N3O5. The van der Waals surface area contributed by atoms with Gasteiger partial charge in [-0.1, -0.05) is 38.1 Å². The number of allylic oxidation sites excluding steroid dienone is 2. The molecule has 204 valence electrons. The summed E-state index contributed by atoms with van der Waals surface area (Å²) in [5.41, 5.74) is 9.51. The van der Waals surface area contributed by atoms with Crippen LogP contribution in [0.4, 0.5) is 0 Å².